The van der Waals surface area contributed by atoms with Gasteiger partial charge < -0.3 is 9.29 Å². The number of hydrogen-bond donors (Lipinski definition) is 1. The highest BCUT2D eigenvalue weighted by atomic mass is 32.2. The Bertz CT molecular complexity index is 466. The maximum Gasteiger partial charge on any atom is 0.272 e. The van der Waals surface area contributed by atoms with Gasteiger partial charge in [0.05, 0.1) is 6.04 Å². The first kappa shape index (κ1) is 18.1. The molecule has 0 aliphatic carbocycles. The SMILES string of the molecule is CC(N[S@+]([O-])C(C)(C)C)c1ccc(OCC(F)F)c(F)c1. The zero-order valence-corrected chi connectivity index (χ0v) is 13.3. The van der Waals surface area contributed by atoms with Gasteiger partial charge >= 0.3 is 0 Å². The van der Waals surface area contributed by atoms with Crippen molar-refractivity contribution in [3.05, 3.63) is 29.6 Å². The number of rotatable bonds is 6. The highest BCUT2D eigenvalue weighted by Crippen LogP contribution is 2.24. The van der Waals surface area contributed by atoms with Gasteiger partial charge in [0.1, 0.15) is 11.4 Å². The number of benzene rings is 1. The molecule has 0 spiro atoms. The number of ether oxygens (including phenoxy) is 1. The first-order valence-corrected chi connectivity index (χ1v) is 7.64. The maximum atomic E-state index is 13.8. The van der Waals surface area contributed by atoms with Crippen LogP contribution in [0.1, 0.15) is 39.3 Å². The van der Waals surface area contributed by atoms with E-state index in [-0.39, 0.29) is 11.8 Å². The lowest BCUT2D eigenvalue weighted by Gasteiger charge is -2.26. The zero-order chi connectivity index (χ0) is 16.2. The van der Waals surface area contributed by atoms with Gasteiger partial charge in [0, 0.05) is 11.4 Å². The minimum Gasteiger partial charge on any atom is -0.598 e. The molecule has 0 aliphatic heterocycles. The Hall–Kier alpha value is -0.920. The highest BCUT2D eigenvalue weighted by molar-refractivity contribution is 7.90. The van der Waals surface area contributed by atoms with Crippen LogP contribution in [0.3, 0.4) is 0 Å². The van der Waals surface area contributed by atoms with Crippen molar-refractivity contribution < 1.29 is 22.5 Å². The van der Waals surface area contributed by atoms with Crippen LogP contribution in [-0.4, -0.2) is 22.3 Å². The predicted octanol–water partition coefficient (Wildman–Crippen LogP) is 3.58. The van der Waals surface area contributed by atoms with E-state index in [0.717, 1.165) is 0 Å². The summed E-state index contributed by atoms with van der Waals surface area (Å²) in [6.07, 6.45) is -2.65. The molecular weight excluding hydrogens is 303 g/mol. The number of nitrogens with one attached hydrogen (secondary N) is 1. The Morgan fingerprint density at radius 1 is 1.33 bits per heavy atom. The number of halogens is 3. The van der Waals surface area contributed by atoms with Gasteiger partial charge in [0.25, 0.3) is 6.43 Å². The van der Waals surface area contributed by atoms with Crippen LogP contribution in [-0.2, 0) is 11.4 Å². The Balaban J connectivity index is 2.74. The maximum absolute atomic E-state index is 13.8. The standard InChI is InChI=1S/C14H20F3NO2S/c1-9(18-21(19)14(2,3)4)10-5-6-12(11(15)7-10)20-8-13(16)17/h5-7,9,13,18H,8H2,1-4H3/t9?,21-/m1/s1. The normalized spacial score (nSPS) is 15.1. The third-order valence-corrected chi connectivity index (χ3v) is 4.34. The molecule has 1 aromatic carbocycles. The van der Waals surface area contributed by atoms with Crippen LogP contribution in [0, 0.1) is 5.82 Å². The summed E-state index contributed by atoms with van der Waals surface area (Å²) in [5.41, 5.74) is 0.564. The third kappa shape index (κ3) is 5.76. The van der Waals surface area contributed by atoms with Crippen LogP contribution in [0.5, 0.6) is 5.75 Å². The van der Waals surface area contributed by atoms with Crippen molar-refractivity contribution in [3.63, 3.8) is 0 Å². The second kappa shape index (κ2) is 7.38. The summed E-state index contributed by atoms with van der Waals surface area (Å²) in [6.45, 7) is 6.37. The summed E-state index contributed by atoms with van der Waals surface area (Å²) >= 11 is -1.29. The van der Waals surface area contributed by atoms with E-state index in [1.165, 1.54) is 12.1 Å². The van der Waals surface area contributed by atoms with Crippen molar-refractivity contribution in [3.8, 4) is 5.75 Å². The fourth-order valence-electron chi connectivity index (χ4n) is 1.46. The summed E-state index contributed by atoms with van der Waals surface area (Å²) in [5.74, 6) is -0.938. The van der Waals surface area contributed by atoms with E-state index < -0.39 is 35.0 Å². The molecule has 1 N–H and O–H groups in total. The van der Waals surface area contributed by atoms with Crippen LogP contribution in [0.15, 0.2) is 18.2 Å². The fraction of sp³-hybridized carbons (Fsp3) is 0.571. The van der Waals surface area contributed by atoms with Crippen molar-refractivity contribution in [2.45, 2.75) is 44.9 Å². The van der Waals surface area contributed by atoms with Gasteiger partial charge in [-0.15, -0.1) is 4.72 Å². The Morgan fingerprint density at radius 3 is 2.43 bits per heavy atom. The van der Waals surface area contributed by atoms with E-state index in [9.17, 15) is 17.7 Å². The van der Waals surface area contributed by atoms with Crippen LogP contribution in [0.25, 0.3) is 0 Å². The molecule has 1 aromatic rings. The van der Waals surface area contributed by atoms with Gasteiger partial charge in [-0.05, 0) is 45.4 Å². The van der Waals surface area contributed by atoms with Gasteiger partial charge in [-0.25, -0.2) is 13.2 Å². The van der Waals surface area contributed by atoms with Gasteiger partial charge in [-0.3, -0.25) is 0 Å². The number of hydrogen-bond acceptors (Lipinski definition) is 3. The fourth-order valence-corrected chi connectivity index (χ4v) is 2.27. The van der Waals surface area contributed by atoms with Gasteiger partial charge in [0.2, 0.25) is 0 Å². The summed E-state index contributed by atoms with van der Waals surface area (Å²) in [7, 11) is 0. The Morgan fingerprint density at radius 2 is 1.95 bits per heavy atom. The molecule has 0 bridgehead atoms. The average Bonchev–Trinajstić information content (AvgIpc) is 2.35. The second-order valence-electron chi connectivity index (χ2n) is 5.61. The molecule has 0 amide bonds. The largest absolute Gasteiger partial charge is 0.598 e. The van der Waals surface area contributed by atoms with E-state index in [1.807, 2.05) is 20.8 Å². The smallest absolute Gasteiger partial charge is 0.272 e. The summed E-state index contributed by atoms with van der Waals surface area (Å²) < 4.78 is 56.9. The molecule has 120 valence electrons. The molecule has 0 aliphatic rings. The van der Waals surface area contributed by atoms with Gasteiger partial charge in [0.15, 0.2) is 11.6 Å². The quantitative estimate of drug-likeness (QED) is 0.814. The average molecular weight is 323 g/mol. The van der Waals surface area contributed by atoms with E-state index in [0.29, 0.717) is 5.56 Å². The van der Waals surface area contributed by atoms with Crippen molar-refractivity contribution >= 4 is 11.4 Å². The molecule has 7 heteroatoms. The predicted molar refractivity (Wildman–Crippen MR) is 77.3 cm³/mol. The van der Waals surface area contributed by atoms with Crippen molar-refractivity contribution in [2.75, 3.05) is 6.61 Å². The molecular formula is C14H20F3NO2S. The first-order chi connectivity index (χ1) is 9.61. The molecule has 1 rings (SSSR count). The highest BCUT2D eigenvalue weighted by Gasteiger charge is 2.28. The number of alkyl halides is 2. The summed E-state index contributed by atoms with van der Waals surface area (Å²) in [6, 6.07) is 3.70. The van der Waals surface area contributed by atoms with Gasteiger partial charge in [-0.2, -0.15) is 0 Å². The van der Waals surface area contributed by atoms with Crippen molar-refractivity contribution in [1.29, 1.82) is 0 Å². The zero-order valence-electron chi connectivity index (χ0n) is 12.5. The van der Waals surface area contributed by atoms with E-state index in [1.54, 1.807) is 13.0 Å². The Kier molecular flexibility index (Phi) is 6.37. The minimum atomic E-state index is -2.65. The topological polar surface area (TPSA) is 44.3 Å². The molecule has 0 heterocycles. The molecule has 3 nitrogen and oxygen atoms in total. The molecule has 0 saturated carbocycles. The lowest BCUT2D eigenvalue weighted by Crippen LogP contribution is -2.40. The van der Waals surface area contributed by atoms with Crippen LogP contribution >= 0.6 is 0 Å². The first-order valence-electron chi connectivity index (χ1n) is 6.49. The summed E-state index contributed by atoms with van der Waals surface area (Å²) in [5, 5.41) is 0. The molecule has 0 fully saturated rings. The molecule has 0 saturated heterocycles. The van der Waals surface area contributed by atoms with E-state index in [4.69, 9.17) is 0 Å². The lowest BCUT2D eigenvalue weighted by molar-refractivity contribution is 0.0799. The molecule has 0 radical (unpaired) electrons. The molecule has 21 heavy (non-hydrogen) atoms. The summed E-state index contributed by atoms with van der Waals surface area (Å²) in [4.78, 5) is 0. The second-order valence-corrected chi connectivity index (χ2v) is 7.61. The minimum absolute atomic E-state index is 0.219. The van der Waals surface area contributed by atoms with Crippen molar-refractivity contribution in [1.82, 2.24) is 4.72 Å². The van der Waals surface area contributed by atoms with Crippen LogP contribution < -0.4 is 9.46 Å². The van der Waals surface area contributed by atoms with Crippen molar-refractivity contribution in [2.24, 2.45) is 0 Å². The van der Waals surface area contributed by atoms with Crippen LogP contribution in [0.2, 0.25) is 0 Å². The van der Waals surface area contributed by atoms with Gasteiger partial charge in [-0.1, -0.05) is 6.07 Å². The third-order valence-electron chi connectivity index (χ3n) is 2.66. The lowest BCUT2D eigenvalue weighted by atomic mass is 10.1. The van der Waals surface area contributed by atoms with E-state index >= 15 is 0 Å². The van der Waals surface area contributed by atoms with Crippen LogP contribution in [0.4, 0.5) is 13.2 Å². The molecule has 2 atom stereocenters. The molecule has 1 unspecified atom stereocenters. The monoisotopic (exact) mass is 323 g/mol. The molecule has 0 aromatic heterocycles. The van der Waals surface area contributed by atoms with E-state index in [2.05, 4.69) is 9.46 Å². The Labute approximate surface area is 126 Å².